The summed E-state index contributed by atoms with van der Waals surface area (Å²) in [7, 11) is 0. The lowest BCUT2D eigenvalue weighted by Crippen LogP contribution is -2.41. The van der Waals surface area contributed by atoms with Crippen molar-refractivity contribution in [3.05, 3.63) is 50.0 Å². The summed E-state index contributed by atoms with van der Waals surface area (Å²) in [4.78, 5) is 49.8. The molecule has 9 nitrogen and oxygen atoms in total. The molecule has 0 saturated carbocycles. The molecule has 0 spiro atoms. The second kappa shape index (κ2) is 7.21. The Hall–Kier alpha value is -3.40. The quantitative estimate of drug-likeness (QED) is 0.637. The van der Waals surface area contributed by atoms with Gasteiger partial charge in [0.25, 0.3) is 5.56 Å². The van der Waals surface area contributed by atoms with Crippen LogP contribution in [-0.4, -0.2) is 27.6 Å². The zero-order valence-electron chi connectivity index (χ0n) is 15.7. The van der Waals surface area contributed by atoms with Gasteiger partial charge >= 0.3 is 5.69 Å². The van der Waals surface area contributed by atoms with Crippen LogP contribution in [0.4, 0.5) is 5.69 Å². The maximum atomic E-state index is 12.7. The Bertz CT molecular complexity index is 1270. The summed E-state index contributed by atoms with van der Waals surface area (Å²) >= 11 is 1.22. The first-order chi connectivity index (χ1) is 13.9. The minimum atomic E-state index is -0.559. The van der Waals surface area contributed by atoms with Crippen molar-refractivity contribution in [2.24, 2.45) is 0 Å². The number of fused-ring (bicyclic) bond motifs is 2. The third-order valence-corrected chi connectivity index (χ3v) is 5.51. The first kappa shape index (κ1) is 18.9. The minimum absolute atomic E-state index is 0.0359. The van der Waals surface area contributed by atoms with E-state index in [2.05, 4.69) is 5.32 Å². The van der Waals surface area contributed by atoms with Crippen LogP contribution in [0.3, 0.4) is 0 Å². The van der Waals surface area contributed by atoms with Crippen molar-refractivity contribution >= 4 is 38.9 Å². The van der Waals surface area contributed by atoms with Crippen molar-refractivity contribution in [3.8, 4) is 11.5 Å². The van der Waals surface area contributed by atoms with E-state index in [-0.39, 0.29) is 42.5 Å². The van der Waals surface area contributed by atoms with Gasteiger partial charge in [0, 0.05) is 18.2 Å². The lowest BCUT2D eigenvalue weighted by molar-refractivity contribution is -0.116. The number of hydrogen-bond donors (Lipinski definition) is 1. The fourth-order valence-corrected chi connectivity index (χ4v) is 4.08. The first-order valence-electron chi connectivity index (χ1n) is 8.86. The molecule has 150 valence electrons. The number of nitrogens with zero attached hydrogens (tertiary/aromatic N) is 2. The Morgan fingerprint density at radius 3 is 2.59 bits per heavy atom. The van der Waals surface area contributed by atoms with E-state index in [1.165, 1.54) is 35.0 Å². The van der Waals surface area contributed by atoms with E-state index < -0.39 is 11.6 Å². The second-order valence-electron chi connectivity index (χ2n) is 6.41. The maximum absolute atomic E-state index is 12.7. The lowest BCUT2D eigenvalue weighted by atomic mass is 10.1. The molecule has 0 bridgehead atoms. The molecule has 0 atom stereocenters. The van der Waals surface area contributed by atoms with Crippen LogP contribution in [0.15, 0.2) is 33.2 Å². The number of Topliss-reactive ketones (excluding diaryl/α,β-unsaturated/α-hetero) is 1. The minimum Gasteiger partial charge on any atom is -0.454 e. The van der Waals surface area contributed by atoms with Crippen LogP contribution in [0.1, 0.15) is 24.2 Å². The number of ether oxygens (including phenoxy) is 2. The molecule has 10 heteroatoms. The van der Waals surface area contributed by atoms with Gasteiger partial charge < -0.3 is 14.8 Å². The summed E-state index contributed by atoms with van der Waals surface area (Å²) in [6.07, 6.45) is 0. The molecule has 4 rings (SSSR count). The monoisotopic (exact) mass is 415 g/mol. The van der Waals surface area contributed by atoms with Crippen LogP contribution in [0.25, 0.3) is 10.2 Å². The van der Waals surface area contributed by atoms with E-state index in [4.69, 9.17) is 9.47 Å². The number of aromatic nitrogens is 2. The van der Waals surface area contributed by atoms with Gasteiger partial charge in [-0.1, -0.05) is 0 Å². The zero-order chi connectivity index (χ0) is 20.7. The van der Waals surface area contributed by atoms with Crippen LogP contribution < -0.4 is 26.0 Å². The third-order valence-electron chi connectivity index (χ3n) is 4.62. The number of ketones is 1. The smallest absolute Gasteiger partial charge is 0.331 e. The van der Waals surface area contributed by atoms with Crippen LogP contribution in [0.2, 0.25) is 0 Å². The molecule has 0 aliphatic carbocycles. The van der Waals surface area contributed by atoms with Gasteiger partial charge in [-0.2, -0.15) is 0 Å². The highest BCUT2D eigenvalue weighted by atomic mass is 32.1. The zero-order valence-corrected chi connectivity index (χ0v) is 16.5. The lowest BCUT2D eigenvalue weighted by Gasteiger charge is -2.13. The number of nitrogens with one attached hydrogen (secondary N) is 1. The molecular weight excluding hydrogens is 398 g/mol. The number of thiophene rings is 1. The predicted octanol–water partition coefficient (Wildman–Crippen LogP) is 1.81. The molecule has 0 unspecified atom stereocenters. The van der Waals surface area contributed by atoms with Crippen molar-refractivity contribution in [1.82, 2.24) is 9.13 Å². The largest absolute Gasteiger partial charge is 0.454 e. The van der Waals surface area contributed by atoms with Gasteiger partial charge in [0.05, 0.1) is 11.2 Å². The molecule has 0 fully saturated rings. The van der Waals surface area contributed by atoms with Gasteiger partial charge in [-0.15, -0.1) is 11.3 Å². The second-order valence-corrected chi connectivity index (χ2v) is 7.32. The van der Waals surface area contributed by atoms with Crippen LogP contribution in [0.5, 0.6) is 11.5 Å². The number of benzene rings is 1. The standard InChI is InChI=1S/C19H17N3O6S/c1-3-21-18(25)17-13(4-5-29-17)22(19(21)26)8-16(24)20-12-7-15-14(27-9-28-15)6-11(12)10(2)23/h4-7H,3,8-9H2,1-2H3,(H,20,24). The van der Waals surface area contributed by atoms with Crippen molar-refractivity contribution in [2.75, 3.05) is 12.1 Å². The third kappa shape index (κ3) is 3.21. The summed E-state index contributed by atoms with van der Waals surface area (Å²) in [5.74, 6) is 0.0828. The molecule has 29 heavy (non-hydrogen) atoms. The highest BCUT2D eigenvalue weighted by molar-refractivity contribution is 7.17. The Labute approximate surface area is 168 Å². The fraction of sp³-hybridized carbons (Fsp3) is 0.263. The van der Waals surface area contributed by atoms with E-state index in [9.17, 15) is 19.2 Å². The van der Waals surface area contributed by atoms with E-state index in [0.29, 0.717) is 21.7 Å². The van der Waals surface area contributed by atoms with Crippen molar-refractivity contribution < 1.29 is 19.1 Å². The van der Waals surface area contributed by atoms with Crippen LogP contribution in [-0.2, 0) is 17.9 Å². The molecule has 3 heterocycles. The Morgan fingerprint density at radius 2 is 1.90 bits per heavy atom. The predicted molar refractivity (Wildman–Crippen MR) is 107 cm³/mol. The van der Waals surface area contributed by atoms with Crippen LogP contribution in [0, 0.1) is 0 Å². The SMILES string of the molecule is CCn1c(=O)c2sccc2n(CC(=O)Nc2cc3c(cc2C(C)=O)OCO3)c1=O. The summed E-state index contributed by atoms with van der Waals surface area (Å²) in [5, 5.41) is 4.37. The number of rotatable bonds is 5. The highest BCUT2D eigenvalue weighted by Crippen LogP contribution is 2.37. The molecule has 1 aliphatic heterocycles. The molecule has 0 saturated heterocycles. The summed E-state index contributed by atoms with van der Waals surface area (Å²) < 4.78 is 13.3. The maximum Gasteiger partial charge on any atom is 0.331 e. The summed E-state index contributed by atoms with van der Waals surface area (Å²) in [5.41, 5.74) is 0.0199. The number of anilines is 1. The summed E-state index contributed by atoms with van der Waals surface area (Å²) in [6, 6.07) is 4.67. The summed E-state index contributed by atoms with van der Waals surface area (Å²) in [6.45, 7) is 3.00. The van der Waals surface area contributed by atoms with Gasteiger partial charge in [0.15, 0.2) is 17.3 Å². The van der Waals surface area contributed by atoms with E-state index in [1.54, 1.807) is 18.4 Å². The highest BCUT2D eigenvalue weighted by Gasteiger charge is 2.21. The van der Waals surface area contributed by atoms with E-state index in [1.807, 2.05) is 0 Å². The Kier molecular flexibility index (Phi) is 4.71. The van der Waals surface area contributed by atoms with E-state index >= 15 is 0 Å². The van der Waals surface area contributed by atoms with Crippen LogP contribution >= 0.6 is 11.3 Å². The number of carbonyl (C=O) groups excluding carboxylic acids is 2. The fourth-order valence-electron chi connectivity index (χ4n) is 3.23. The van der Waals surface area contributed by atoms with Gasteiger partial charge in [-0.05, 0) is 31.4 Å². The molecule has 1 amide bonds. The average molecular weight is 415 g/mol. The number of amides is 1. The van der Waals surface area contributed by atoms with Gasteiger partial charge in [-0.25, -0.2) is 4.79 Å². The molecule has 1 aliphatic rings. The van der Waals surface area contributed by atoms with Crippen molar-refractivity contribution in [3.63, 3.8) is 0 Å². The van der Waals surface area contributed by atoms with Gasteiger partial charge in [-0.3, -0.25) is 23.5 Å². The topological polar surface area (TPSA) is 109 Å². The average Bonchev–Trinajstić information content (AvgIpc) is 3.34. The van der Waals surface area contributed by atoms with Gasteiger partial charge in [0.2, 0.25) is 12.7 Å². The van der Waals surface area contributed by atoms with Crippen molar-refractivity contribution in [1.29, 1.82) is 0 Å². The number of carbonyl (C=O) groups is 2. The molecule has 1 aromatic carbocycles. The van der Waals surface area contributed by atoms with Gasteiger partial charge in [0.1, 0.15) is 11.2 Å². The Morgan fingerprint density at radius 1 is 1.17 bits per heavy atom. The molecule has 2 aromatic heterocycles. The molecule has 3 aromatic rings. The molecular formula is C19H17N3O6S. The number of hydrogen-bond acceptors (Lipinski definition) is 7. The first-order valence-corrected chi connectivity index (χ1v) is 9.74. The van der Waals surface area contributed by atoms with Crippen molar-refractivity contribution in [2.45, 2.75) is 26.9 Å². The molecule has 0 radical (unpaired) electrons. The Balaban J connectivity index is 1.70. The van der Waals surface area contributed by atoms with E-state index in [0.717, 1.165) is 4.57 Å². The molecule has 1 N–H and O–H groups in total. The normalized spacial score (nSPS) is 12.3.